The molecule has 1 amide bonds. The van der Waals surface area contributed by atoms with Gasteiger partial charge < -0.3 is 10.1 Å². The van der Waals surface area contributed by atoms with Gasteiger partial charge in [-0.15, -0.1) is 6.58 Å². The molecule has 1 N–H and O–H groups in total. The van der Waals surface area contributed by atoms with Gasteiger partial charge >= 0.3 is 5.97 Å². The van der Waals surface area contributed by atoms with Gasteiger partial charge in [0, 0.05) is 6.92 Å². The minimum Gasteiger partial charge on any atom is -0.467 e. The second-order valence-electron chi connectivity index (χ2n) is 1.94. The summed E-state index contributed by atoms with van der Waals surface area (Å²) in [5, 5.41) is 2.35. The van der Waals surface area contributed by atoms with Gasteiger partial charge in [0.15, 0.2) is 0 Å². The highest BCUT2D eigenvalue weighted by molar-refractivity contribution is 5.84. The Morgan fingerprint density at radius 1 is 1.64 bits per heavy atom. The minimum atomic E-state index is -0.738. The predicted octanol–water partition coefficient (Wildman–Crippen LogP) is -0.150. The van der Waals surface area contributed by atoms with Gasteiger partial charge in [-0.1, -0.05) is 6.08 Å². The van der Waals surface area contributed by atoms with Crippen LogP contribution < -0.4 is 5.32 Å². The van der Waals surface area contributed by atoms with Crippen LogP contribution >= 0.6 is 0 Å². The van der Waals surface area contributed by atoms with Crippen LogP contribution in [0.2, 0.25) is 0 Å². The molecular weight excluding hydrogens is 146 g/mol. The Morgan fingerprint density at radius 3 is 2.45 bits per heavy atom. The van der Waals surface area contributed by atoms with Crippen molar-refractivity contribution in [1.82, 2.24) is 5.32 Å². The first-order valence-electron chi connectivity index (χ1n) is 3.09. The molecule has 0 fully saturated rings. The van der Waals surface area contributed by atoms with Crippen molar-refractivity contribution in [2.24, 2.45) is 0 Å². The maximum atomic E-state index is 10.8. The minimum absolute atomic E-state index is 0.291. The van der Waals surface area contributed by atoms with Crippen LogP contribution in [0, 0.1) is 0 Å². The zero-order valence-electron chi connectivity index (χ0n) is 6.59. The van der Waals surface area contributed by atoms with E-state index in [1.165, 1.54) is 20.1 Å². The van der Waals surface area contributed by atoms with Gasteiger partial charge in [-0.05, 0) is 0 Å². The van der Waals surface area contributed by atoms with Gasteiger partial charge in [-0.25, -0.2) is 4.79 Å². The van der Waals surface area contributed by atoms with Gasteiger partial charge in [0.25, 0.3) is 0 Å². The lowest BCUT2D eigenvalue weighted by molar-refractivity contribution is -0.143. The monoisotopic (exact) mass is 157 g/mol. The molecule has 0 saturated carbocycles. The van der Waals surface area contributed by atoms with E-state index in [0.717, 1.165) is 0 Å². The Kier molecular flexibility index (Phi) is 3.95. The number of methoxy groups -OCH3 is 1. The van der Waals surface area contributed by atoms with Crippen LogP contribution in [0.1, 0.15) is 6.92 Å². The fourth-order valence-corrected chi connectivity index (χ4v) is 0.560. The highest BCUT2D eigenvalue weighted by Crippen LogP contribution is 1.88. The SMILES string of the molecule is C=CC(NC(C)=O)C(=O)OC. The molecule has 1 unspecified atom stereocenters. The van der Waals surface area contributed by atoms with Gasteiger partial charge in [0.1, 0.15) is 6.04 Å². The average molecular weight is 157 g/mol. The molecule has 4 nitrogen and oxygen atoms in total. The van der Waals surface area contributed by atoms with Crippen molar-refractivity contribution in [3.05, 3.63) is 12.7 Å². The topological polar surface area (TPSA) is 55.4 Å². The van der Waals surface area contributed by atoms with E-state index in [0.29, 0.717) is 0 Å². The summed E-state index contributed by atoms with van der Waals surface area (Å²) in [6.45, 7) is 4.69. The molecule has 0 bridgehead atoms. The van der Waals surface area contributed by atoms with Crippen molar-refractivity contribution >= 4 is 11.9 Å². The number of nitrogens with one attached hydrogen (secondary N) is 1. The van der Waals surface area contributed by atoms with Crippen LogP contribution in [-0.2, 0) is 14.3 Å². The van der Waals surface area contributed by atoms with Crippen molar-refractivity contribution in [3.8, 4) is 0 Å². The first-order chi connectivity index (χ1) is 5.11. The zero-order chi connectivity index (χ0) is 8.85. The van der Waals surface area contributed by atoms with Crippen molar-refractivity contribution in [2.45, 2.75) is 13.0 Å². The molecule has 0 heterocycles. The summed E-state index contributed by atoms with van der Waals surface area (Å²) in [7, 11) is 1.25. The Morgan fingerprint density at radius 2 is 2.18 bits per heavy atom. The largest absolute Gasteiger partial charge is 0.467 e. The van der Waals surface area contributed by atoms with Crippen LogP contribution in [0.15, 0.2) is 12.7 Å². The Hall–Kier alpha value is -1.32. The summed E-state index contributed by atoms with van der Waals surface area (Å²) < 4.78 is 4.38. The number of amides is 1. The van der Waals surface area contributed by atoms with E-state index in [-0.39, 0.29) is 5.91 Å². The maximum absolute atomic E-state index is 10.8. The number of esters is 1. The summed E-state index contributed by atoms with van der Waals surface area (Å²) in [6.07, 6.45) is 1.31. The maximum Gasteiger partial charge on any atom is 0.332 e. The lowest BCUT2D eigenvalue weighted by atomic mass is 10.3. The first kappa shape index (κ1) is 9.68. The molecule has 4 heteroatoms. The average Bonchev–Trinajstić information content (AvgIpc) is 1.98. The van der Waals surface area contributed by atoms with E-state index in [1.54, 1.807) is 0 Å². The molecule has 62 valence electrons. The fraction of sp³-hybridized carbons (Fsp3) is 0.429. The van der Waals surface area contributed by atoms with Gasteiger partial charge in [0.2, 0.25) is 5.91 Å². The predicted molar refractivity (Wildman–Crippen MR) is 39.8 cm³/mol. The van der Waals surface area contributed by atoms with Crippen LogP contribution in [0.3, 0.4) is 0 Å². The molecule has 1 atom stereocenters. The quantitative estimate of drug-likeness (QED) is 0.458. The lowest BCUT2D eigenvalue weighted by Crippen LogP contribution is -2.38. The second-order valence-corrected chi connectivity index (χ2v) is 1.94. The Balaban J connectivity index is 4.05. The molecule has 0 saturated heterocycles. The molecule has 0 radical (unpaired) electrons. The van der Waals surface area contributed by atoms with E-state index in [2.05, 4.69) is 16.6 Å². The third-order valence-electron chi connectivity index (χ3n) is 1.05. The number of carbonyl (C=O) groups is 2. The molecule has 0 aliphatic heterocycles. The van der Waals surface area contributed by atoms with E-state index in [9.17, 15) is 9.59 Å². The van der Waals surface area contributed by atoms with Crippen LogP contribution in [-0.4, -0.2) is 25.0 Å². The fourth-order valence-electron chi connectivity index (χ4n) is 0.560. The Bertz CT molecular complexity index is 177. The smallest absolute Gasteiger partial charge is 0.332 e. The number of hydrogen-bond donors (Lipinski definition) is 1. The Labute approximate surface area is 65.2 Å². The third kappa shape index (κ3) is 3.40. The summed E-state index contributed by atoms with van der Waals surface area (Å²) in [5.74, 6) is -0.810. The summed E-state index contributed by atoms with van der Waals surface area (Å²) >= 11 is 0. The molecule has 0 aromatic carbocycles. The van der Waals surface area contributed by atoms with E-state index in [4.69, 9.17) is 0 Å². The van der Waals surface area contributed by atoms with Gasteiger partial charge in [0.05, 0.1) is 7.11 Å². The first-order valence-corrected chi connectivity index (χ1v) is 3.09. The molecule has 0 aliphatic rings. The number of ether oxygens (including phenoxy) is 1. The number of carbonyl (C=O) groups excluding carboxylic acids is 2. The third-order valence-corrected chi connectivity index (χ3v) is 1.05. The van der Waals surface area contributed by atoms with Crippen LogP contribution in [0.25, 0.3) is 0 Å². The molecule has 0 aromatic heterocycles. The molecule has 0 aromatic rings. The summed E-state index contributed by atoms with van der Waals surface area (Å²) in [6, 6.07) is -0.738. The van der Waals surface area contributed by atoms with Crippen LogP contribution in [0.5, 0.6) is 0 Å². The molecule has 0 spiro atoms. The van der Waals surface area contributed by atoms with Crippen molar-refractivity contribution in [1.29, 1.82) is 0 Å². The van der Waals surface area contributed by atoms with E-state index in [1.807, 2.05) is 0 Å². The number of rotatable bonds is 3. The lowest BCUT2D eigenvalue weighted by Gasteiger charge is -2.09. The van der Waals surface area contributed by atoms with Crippen molar-refractivity contribution in [3.63, 3.8) is 0 Å². The zero-order valence-corrected chi connectivity index (χ0v) is 6.59. The highest BCUT2D eigenvalue weighted by Gasteiger charge is 2.14. The highest BCUT2D eigenvalue weighted by atomic mass is 16.5. The second kappa shape index (κ2) is 4.49. The van der Waals surface area contributed by atoms with E-state index < -0.39 is 12.0 Å². The van der Waals surface area contributed by atoms with E-state index >= 15 is 0 Å². The van der Waals surface area contributed by atoms with Crippen LogP contribution in [0.4, 0.5) is 0 Å². The molecular formula is C7H11NO3. The van der Waals surface area contributed by atoms with Gasteiger partial charge in [-0.2, -0.15) is 0 Å². The molecule has 0 aliphatic carbocycles. The molecule has 0 rings (SSSR count). The normalized spacial score (nSPS) is 11.5. The summed E-state index contributed by atoms with van der Waals surface area (Å²) in [5.41, 5.74) is 0. The molecule has 11 heavy (non-hydrogen) atoms. The van der Waals surface area contributed by atoms with Gasteiger partial charge in [-0.3, -0.25) is 4.79 Å². The van der Waals surface area contributed by atoms with Crippen molar-refractivity contribution < 1.29 is 14.3 Å². The standard InChI is InChI=1S/C7H11NO3/c1-4-6(7(10)11-3)8-5(2)9/h4,6H,1H2,2-3H3,(H,8,9). The number of hydrogen-bond acceptors (Lipinski definition) is 3. The van der Waals surface area contributed by atoms with Crippen molar-refractivity contribution in [2.75, 3.05) is 7.11 Å². The summed E-state index contributed by atoms with van der Waals surface area (Å²) in [4.78, 5) is 21.2.